The van der Waals surface area contributed by atoms with Crippen molar-refractivity contribution in [1.82, 2.24) is 4.90 Å². The van der Waals surface area contributed by atoms with Gasteiger partial charge in [0, 0.05) is 11.0 Å². The molecule has 0 aliphatic rings. The molecule has 0 unspecified atom stereocenters. The summed E-state index contributed by atoms with van der Waals surface area (Å²) in [4.78, 5) is 13.2. The van der Waals surface area contributed by atoms with E-state index in [1.165, 1.54) is 12.8 Å². The van der Waals surface area contributed by atoms with Gasteiger partial charge in [-0.1, -0.05) is 42.3 Å². The molecule has 0 radical (unpaired) electrons. The van der Waals surface area contributed by atoms with Crippen LogP contribution in [0.2, 0.25) is 0 Å². The highest BCUT2D eigenvalue weighted by Gasteiger charge is 2.09. The summed E-state index contributed by atoms with van der Waals surface area (Å²) in [6.45, 7) is 7.28. The smallest absolute Gasteiger partial charge is 0.335 e. The van der Waals surface area contributed by atoms with Crippen LogP contribution in [0.1, 0.15) is 42.6 Å². The summed E-state index contributed by atoms with van der Waals surface area (Å²) in [5, 5.41) is 8.91. The van der Waals surface area contributed by atoms with Crippen molar-refractivity contribution in [1.29, 1.82) is 0 Å². The zero-order valence-corrected chi connectivity index (χ0v) is 12.5. The molecule has 0 fully saturated rings. The molecule has 1 aromatic carbocycles. The molecule has 3 nitrogen and oxygen atoms in total. The topological polar surface area (TPSA) is 40.5 Å². The molecule has 18 heavy (non-hydrogen) atoms. The van der Waals surface area contributed by atoms with Gasteiger partial charge in [0.25, 0.3) is 0 Å². The molecule has 0 aliphatic carbocycles. The molecule has 1 rings (SSSR count). The van der Waals surface area contributed by atoms with Gasteiger partial charge in [-0.15, -0.1) is 0 Å². The van der Waals surface area contributed by atoms with E-state index in [0.717, 1.165) is 29.7 Å². The van der Waals surface area contributed by atoms with Crippen molar-refractivity contribution in [2.24, 2.45) is 0 Å². The van der Waals surface area contributed by atoms with E-state index in [1.54, 1.807) is 12.1 Å². The van der Waals surface area contributed by atoms with Crippen LogP contribution in [0, 0.1) is 0 Å². The van der Waals surface area contributed by atoms with E-state index >= 15 is 0 Å². The van der Waals surface area contributed by atoms with Gasteiger partial charge in [0.1, 0.15) is 0 Å². The van der Waals surface area contributed by atoms with Crippen molar-refractivity contribution < 1.29 is 9.90 Å². The highest BCUT2D eigenvalue weighted by molar-refractivity contribution is 9.10. The molecule has 0 saturated heterocycles. The number of hydrogen-bond donors (Lipinski definition) is 1. The lowest BCUT2D eigenvalue weighted by atomic mass is 10.1. The lowest BCUT2D eigenvalue weighted by Gasteiger charge is -2.21. The molecule has 0 saturated carbocycles. The highest BCUT2D eigenvalue weighted by Crippen LogP contribution is 2.20. The zero-order chi connectivity index (χ0) is 13.5. The van der Waals surface area contributed by atoms with Crippen LogP contribution in [-0.4, -0.2) is 29.1 Å². The fraction of sp³-hybridized carbons (Fsp3) is 0.500. The minimum absolute atomic E-state index is 0.322. The Morgan fingerprint density at radius 3 is 2.61 bits per heavy atom. The van der Waals surface area contributed by atoms with Gasteiger partial charge in [0.2, 0.25) is 0 Å². The lowest BCUT2D eigenvalue weighted by molar-refractivity contribution is 0.0697. The second kappa shape index (κ2) is 7.54. The fourth-order valence-electron chi connectivity index (χ4n) is 1.78. The maximum Gasteiger partial charge on any atom is 0.335 e. The SMILES string of the molecule is CCCCN(CC)Cc1ccc(C(=O)O)cc1Br. The molecule has 4 heteroatoms. The summed E-state index contributed by atoms with van der Waals surface area (Å²) < 4.78 is 0.873. The van der Waals surface area contributed by atoms with Crippen LogP contribution >= 0.6 is 15.9 Å². The van der Waals surface area contributed by atoms with Crippen LogP contribution in [0.5, 0.6) is 0 Å². The van der Waals surface area contributed by atoms with Gasteiger partial charge in [-0.05, 0) is 37.2 Å². The second-order valence-corrected chi connectivity index (χ2v) is 5.19. The Kier molecular flexibility index (Phi) is 6.36. The number of carboxylic acid groups (broad SMARTS) is 1. The Hall–Kier alpha value is -0.870. The van der Waals surface area contributed by atoms with E-state index in [-0.39, 0.29) is 0 Å². The number of hydrogen-bond acceptors (Lipinski definition) is 2. The van der Waals surface area contributed by atoms with Gasteiger partial charge in [-0.2, -0.15) is 0 Å². The van der Waals surface area contributed by atoms with E-state index in [2.05, 4.69) is 34.7 Å². The maximum atomic E-state index is 10.9. The molecule has 0 bridgehead atoms. The number of rotatable bonds is 7. The fourth-order valence-corrected chi connectivity index (χ4v) is 2.28. The summed E-state index contributed by atoms with van der Waals surface area (Å²) in [5.41, 5.74) is 1.46. The molecule has 1 N–H and O–H groups in total. The van der Waals surface area contributed by atoms with Gasteiger partial charge in [0.15, 0.2) is 0 Å². The Labute approximate surface area is 117 Å². The Bertz CT molecular complexity index is 407. The monoisotopic (exact) mass is 313 g/mol. The Morgan fingerprint density at radius 1 is 1.39 bits per heavy atom. The number of carbonyl (C=O) groups is 1. The minimum Gasteiger partial charge on any atom is -0.478 e. The maximum absolute atomic E-state index is 10.9. The number of unbranched alkanes of at least 4 members (excludes halogenated alkanes) is 1. The van der Waals surface area contributed by atoms with Crippen LogP contribution in [0.4, 0.5) is 0 Å². The minimum atomic E-state index is -0.888. The largest absolute Gasteiger partial charge is 0.478 e. The predicted molar refractivity (Wildman–Crippen MR) is 77.0 cm³/mol. The average molecular weight is 314 g/mol. The van der Waals surface area contributed by atoms with Crippen LogP contribution < -0.4 is 0 Å². The molecule has 0 aromatic heterocycles. The quantitative estimate of drug-likeness (QED) is 0.833. The van der Waals surface area contributed by atoms with Gasteiger partial charge < -0.3 is 5.11 Å². The van der Waals surface area contributed by atoms with Crippen LogP contribution in [0.25, 0.3) is 0 Å². The molecule has 1 aromatic rings. The molecule has 0 aliphatic heterocycles. The van der Waals surface area contributed by atoms with Crippen molar-refractivity contribution in [2.45, 2.75) is 33.2 Å². The number of aromatic carboxylic acids is 1. The third kappa shape index (κ3) is 4.42. The summed E-state index contributed by atoms with van der Waals surface area (Å²) >= 11 is 3.45. The lowest BCUT2D eigenvalue weighted by Crippen LogP contribution is -2.24. The normalized spacial score (nSPS) is 10.9. The Balaban J connectivity index is 2.74. The van der Waals surface area contributed by atoms with Crippen molar-refractivity contribution in [3.63, 3.8) is 0 Å². The Morgan fingerprint density at radius 2 is 2.11 bits per heavy atom. The summed E-state index contributed by atoms with van der Waals surface area (Å²) in [5.74, 6) is -0.888. The highest BCUT2D eigenvalue weighted by atomic mass is 79.9. The third-order valence-electron chi connectivity index (χ3n) is 2.97. The molecular formula is C14H20BrNO2. The molecule has 0 spiro atoms. The predicted octanol–water partition coefficient (Wildman–Crippen LogP) is 3.77. The summed E-state index contributed by atoms with van der Waals surface area (Å²) in [7, 11) is 0. The van der Waals surface area contributed by atoms with Crippen molar-refractivity contribution in [3.05, 3.63) is 33.8 Å². The zero-order valence-electron chi connectivity index (χ0n) is 10.9. The van der Waals surface area contributed by atoms with Crippen molar-refractivity contribution in [2.75, 3.05) is 13.1 Å². The number of halogens is 1. The van der Waals surface area contributed by atoms with Gasteiger partial charge in [0.05, 0.1) is 5.56 Å². The third-order valence-corrected chi connectivity index (χ3v) is 3.71. The van der Waals surface area contributed by atoms with E-state index in [9.17, 15) is 4.79 Å². The first-order chi connectivity index (χ1) is 8.58. The first-order valence-electron chi connectivity index (χ1n) is 6.32. The molecule has 0 atom stereocenters. The molecular weight excluding hydrogens is 294 g/mol. The van der Waals surface area contributed by atoms with E-state index in [1.807, 2.05) is 6.07 Å². The van der Waals surface area contributed by atoms with Gasteiger partial charge >= 0.3 is 5.97 Å². The average Bonchev–Trinajstić information content (AvgIpc) is 2.35. The first kappa shape index (κ1) is 15.2. The van der Waals surface area contributed by atoms with Crippen molar-refractivity contribution in [3.8, 4) is 0 Å². The van der Waals surface area contributed by atoms with Crippen LogP contribution in [-0.2, 0) is 6.54 Å². The number of benzene rings is 1. The van der Waals surface area contributed by atoms with Crippen LogP contribution in [0.15, 0.2) is 22.7 Å². The summed E-state index contributed by atoms with van der Waals surface area (Å²) in [6.07, 6.45) is 2.38. The molecule has 0 heterocycles. The molecule has 0 amide bonds. The second-order valence-electron chi connectivity index (χ2n) is 4.33. The van der Waals surface area contributed by atoms with Gasteiger partial charge in [-0.25, -0.2) is 4.79 Å². The van der Waals surface area contributed by atoms with E-state index in [4.69, 9.17) is 5.11 Å². The van der Waals surface area contributed by atoms with Crippen LogP contribution in [0.3, 0.4) is 0 Å². The van der Waals surface area contributed by atoms with E-state index < -0.39 is 5.97 Å². The number of nitrogens with zero attached hydrogens (tertiary/aromatic N) is 1. The van der Waals surface area contributed by atoms with Gasteiger partial charge in [-0.3, -0.25) is 4.90 Å². The first-order valence-corrected chi connectivity index (χ1v) is 7.11. The van der Waals surface area contributed by atoms with E-state index in [0.29, 0.717) is 5.56 Å². The molecule has 100 valence electrons. The summed E-state index contributed by atoms with van der Waals surface area (Å²) in [6, 6.07) is 5.23. The standard InChI is InChI=1S/C14H20BrNO2/c1-3-5-8-16(4-2)10-12-7-6-11(14(17)18)9-13(12)15/h6-7,9H,3-5,8,10H2,1-2H3,(H,17,18). The number of carboxylic acids is 1. The van der Waals surface area contributed by atoms with Crippen molar-refractivity contribution >= 4 is 21.9 Å².